The number of ether oxygens (including phenoxy) is 2. The van der Waals surface area contributed by atoms with Gasteiger partial charge >= 0.3 is 0 Å². The van der Waals surface area contributed by atoms with E-state index in [9.17, 15) is 4.79 Å². The van der Waals surface area contributed by atoms with Crippen molar-refractivity contribution in [3.63, 3.8) is 0 Å². The van der Waals surface area contributed by atoms with E-state index in [1.807, 2.05) is 30.3 Å². The fourth-order valence-corrected chi connectivity index (χ4v) is 3.19. The van der Waals surface area contributed by atoms with E-state index < -0.39 is 0 Å². The Kier molecular flexibility index (Phi) is 10.4. The lowest BCUT2D eigenvalue weighted by Gasteiger charge is -2.34. The van der Waals surface area contributed by atoms with Crippen molar-refractivity contribution in [3.05, 3.63) is 35.9 Å². The molecule has 1 heterocycles. The number of rotatable bonds is 10. The molecular weight excluding hydrogens is 356 g/mol. The van der Waals surface area contributed by atoms with Gasteiger partial charge in [0.05, 0.1) is 6.10 Å². The van der Waals surface area contributed by atoms with Crippen LogP contribution in [0.4, 0.5) is 0 Å². The number of amides is 1. The second-order valence-electron chi connectivity index (χ2n) is 6.89. The summed E-state index contributed by atoms with van der Waals surface area (Å²) >= 11 is 0. The number of carbonyl (C=O) groups excluding carboxylic acids is 1. The predicted molar refractivity (Wildman–Crippen MR) is 111 cm³/mol. The first-order valence-corrected chi connectivity index (χ1v) is 10.1. The first-order valence-electron chi connectivity index (χ1n) is 10.1. The monoisotopic (exact) mass is 390 g/mol. The summed E-state index contributed by atoms with van der Waals surface area (Å²) in [7, 11) is 3.50. The summed E-state index contributed by atoms with van der Waals surface area (Å²) in [5.41, 5.74) is 1.10. The predicted octanol–water partition coefficient (Wildman–Crippen LogP) is 1.79. The van der Waals surface area contributed by atoms with Gasteiger partial charge in [0.25, 0.3) is 0 Å². The number of guanidine groups is 1. The summed E-state index contributed by atoms with van der Waals surface area (Å²) in [6, 6.07) is 9.93. The summed E-state index contributed by atoms with van der Waals surface area (Å²) in [4.78, 5) is 18.6. The number of carbonyl (C=O) groups is 1. The molecule has 1 aromatic carbocycles. The first kappa shape index (κ1) is 22.2. The van der Waals surface area contributed by atoms with Gasteiger partial charge in [-0.3, -0.25) is 9.79 Å². The lowest BCUT2D eigenvalue weighted by Crippen LogP contribution is -2.47. The maximum Gasteiger partial charge on any atom is 0.222 e. The van der Waals surface area contributed by atoms with Crippen LogP contribution in [0.3, 0.4) is 0 Å². The van der Waals surface area contributed by atoms with Crippen LogP contribution in [0.25, 0.3) is 0 Å². The molecule has 1 aromatic rings. The zero-order chi connectivity index (χ0) is 20.0. The van der Waals surface area contributed by atoms with Gasteiger partial charge in [-0.2, -0.15) is 0 Å². The molecule has 0 radical (unpaired) electrons. The van der Waals surface area contributed by atoms with E-state index in [4.69, 9.17) is 9.47 Å². The Balaban J connectivity index is 1.60. The van der Waals surface area contributed by atoms with Gasteiger partial charge < -0.3 is 25.0 Å². The van der Waals surface area contributed by atoms with Crippen LogP contribution in [-0.4, -0.2) is 69.9 Å². The Bertz CT molecular complexity index is 587. The second-order valence-corrected chi connectivity index (χ2v) is 6.89. The number of hydrogen-bond acceptors (Lipinski definition) is 4. The van der Waals surface area contributed by atoms with Crippen molar-refractivity contribution in [3.8, 4) is 0 Å². The molecule has 1 aliphatic heterocycles. The molecular formula is C21H34N4O3. The Morgan fingerprint density at radius 2 is 1.93 bits per heavy atom. The molecule has 0 atom stereocenters. The topological polar surface area (TPSA) is 75.2 Å². The zero-order valence-electron chi connectivity index (χ0n) is 17.2. The third kappa shape index (κ3) is 8.27. The van der Waals surface area contributed by atoms with Gasteiger partial charge in [-0.25, -0.2) is 0 Å². The van der Waals surface area contributed by atoms with Crippen molar-refractivity contribution in [2.45, 2.75) is 38.3 Å². The van der Waals surface area contributed by atoms with Crippen LogP contribution in [-0.2, 0) is 20.8 Å². The van der Waals surface area contributed by atoms with Crippen LogP contribution >= 0.6 is 0 Å². The summed E-state index contributed by atoms with van der Waals surface area (Å²) in [5, 5.41) is 6.25. The molecule has 1 saturated heterocycles. The summed E-state index contributed by atoms with van der Waals surface area (Å²) in [6.45, 7) is 4.45. The smallest absolute Gasteiger partial charge is 0.222 e. The van der Waals surface area contributed by atoms with Gasteiger partial charge in [0.2, 0.25) is 5.91 Å². The van der Waals surface area contributed by atoms with E-state index in [1.165, 1.54) is 0 Å². The van der Waals surface area contributed by atoms with Gasteiger partial charge in [0.1, 0.15) is 0 Å². The van der Waals surface area contributed by atoms with Crippen LogP contribution in [0.1, 0.15) is 31.2 Å². The fourth-order valence-electron chi connectivity index (χ4n) is 3.19. The number of nitrogens with zero attached hydrogens (tertiary/aromatic N) is 2. The van der Waals surface area contributed by atoms with Crippen molar-refractivity contribution in [1.29, 1.82) is 0 Å². The van der Waals surface area contributed by atoms with Crippen molar-refractivity contribution >= 4 is 11.9 Å². The second kappa shape index (κ2) is 13.1. The van der Waals surface area contributed by atoms with Gasteiger partial charge in [0.15, 0.2) is 5.96 Å². The molecule has 7 heteroatoms. The van der Waals surface area contributed by atoms with Crippen molar-refractivity contribution in [2.75, 3.05) is 47.0 Å². The minimum Gasteiger partial charge on any atom is -0.385 e. The highest BCUT2D eigenvalue weighted by molar-refractivity contribution is 5.81. The summed E-state index contributed by atoms with van der Waals surface area (Å²) in [5.74, 6) is 0.892. The minimum absolute atomic E-state index is 0.0370. The van der Waals surface area contributed by atoms with E-state index in [1.54, 1.807) is 14.2 Å². The molecule has 28 heavy (non-hydrogen) atoms. The largest absolute Gasteiger partial charge is 0.385 e. The van der Waals surface area contributed by atoms with Gasteiger partial charge in [-0.15, -0.1) is 0 Å². The van der Waals surface area contributed by atoms with Crippen molar-refractivity contribution in [2.24, 2.45) is 4.99 Å². The van der Waals surface area contributed by atoms with Crippen molar-refractivity contribution < 1.29 is 14.3 Å². The maximum absolute atomic E-state index is 12.0. The molecule has 0 bridgehead atoms. The SMILES string of the molecule is CN=C(NCCC(=O)NCc1ccccc1)N1CCC(OCCCOC)CC1. The van der Waals surface area contributed by atoms with Gasteiger partial charge in [-0.1, -0.05) is 30.3 Å². The average Bonchev–Trinajstić information content (AvgIpc) is 2.74. The minimum atomic E-state index is 0.0370. The fraction of sp³-hybridized carbons (Fsp3) is 0.619. The summed E-state index contributed by atoms with van der Waals surface area (Å²) < 4.78 is 10.9. The maximum atomic E-state index is 12.0. The first-order chi connectivity index (χ1) is 13.7. The van der Waals surface area contributed by atoms with Crippen LogP contribution in [0.15, 0.2) is 35.3 Å². The lowest BCUT2D eigenvalue weighted by molar-refractivity contribution is -0.121. The van der Waals surface area contributed by atoms with Crippen molar-refractivity contribution in [1.82, 2.24) is 15.5 Å². The van der Waals surface area contributed by atoms with Crippen LogP contribution < -0.4 is 10.6 Å². The molecule has 0 aromatic heterocycles. The molecule has 1 fully saturated rings. The summed E-state index contributed by atoms with van der Waals surface area (Å²) in [6.07, 6.45) is 3.66. The third-order valence-electron chi connectivity index (χ3n) is 4.77. The third-order valence-corrected chi connectivity index (χ3v) is 4.77. The molecule has 2 N–H and O–H groups in total. The molecule has 7 nitrogen and oxygen atoms in total. The van der Waals surface area contributed by atoms with Crippen LogP contribution in [0, 0.1) is 0 Å². The normalized spacial score (nSPS) is 15.5. The van der Waals surface area contributed by atoms with Gasteiger partial charge in [0, 0.05) is 60.0 Å². The Hall–Kier alpha value is -2.12. The Morgan fingerprint density at radius 3 is 2.61 bits per heavy atom. The molecule has 2 rings (SSSR count). The highest BCUT2D eigenvalue weighted by Gasteiger charge is 2.21. The molecule has 1 amide bonds. The lowest BCUT2D eigenvalue weighted by atomic mass is 10.1. The molecule has 0 spiro atoms. The number of benzene rings is 1. The number of likely N-dealkylation sites (tertiary alicyclic amines) is 1. The van der Waals surface area contributed by atoms with Crippen LogP contribution in [0.5, 0.6) is 0 Å². The standard InChI is InChI=1S/C21H34N4O3/c1-22-21(25-13-10-19(11-14-25)28-16-6-15-27-2)23-12-9-20(26)24-17-18-7-4-3-5-8-18/h3-5,7-8,19H,6,9-17H2,1-2H3,(H,22,23)(H,24,26). The number of nitrogens with one attached hydrogen (secondary N) is 2. The van der Waals surface area contributed by atoms with Crippen LogP contribution in [0.2, 0.25) is 0 Å². The Labute approximate surface area is 168 Å². The Morgan fingerprint density at radius 1 is 1.18 bits per heavy atom. The van der Waals surface area contributed by atoms with E-state index >= 15 is 0 Å². The number of aliphatic imine (C=N–C) groups is 1. The number of hydrogen-bond donors (Lipinski definition) is 2. The highest BCUT2D eigenvalue weighted by Crippen LogP contribution is 2.14. The molecule has 156 valence electrons. The highest BCUT2D eigenvalue weighted by atomic mass is 16.5. The molecule has 0 saturated carbocycles. The molecule has 0 unspecified atom stereocenters. The van der Waals surface area contributed by atoms with E-state index in [-0.39, 0.29) is 5.91 Å². The van der Waals surface area contributed by atoms with E-state index in [0.717, 1.165) is 57.1 Å². The van der Waals surface area contributed by atoms with Gasteiger partial charge in [-0.05, 0) is 24.8 Å². The van der Waals surface area contributed by atoms with E-state index in [0.29, 0.717) is 25.6 Å². The zero-order valence-corrected chi connectivity index (χ0v) is 17.2. The number of piperidine rings is 1. The average molecular weight is 391 g/mol. The molecule has 1 aliphatic rings. The number of methoxy groups -OCH3 is 1. The van der Waals surface area contributed by atoms with E-state index in [2.05, 4.69) is 20.5 Å². The quantitative estimate of drug-likeness (QED) is 0.362. The molecule has 0 aliphatic carbocycles.